The highest BCUT2D eigenvalue weighted by molar-refractivity contribution is 5.71. The summed E-state index contributed by atoms with van der Waals surface area (Å²) in [5.41, 5.74) is 0. The van der Waals surface area contributed by atoms with Crippen LogP contribution in [-0.4, -0.2) is 37.2 Å². The van der Waals surface area contributed by atoms with Gasteiger partial charge in [-0.2, -0.15) is 0 Å². The average molecular weight is 1130 g/mol. The van der Waals surface area contributed by atoms with E-state index in [9.17, 15) is 14.4 Å². The maximum atomic E-state index is 12.9. The number of esters is 3. The second kappa shape index (κ2) is 68.6. The van der Waals surface area contributed by atoms with Crippen molar-refractivity contribution in [2.75, 3.05) is 13.2 Å². The van der Waals surface area contributed by atoms with E-state index in [4.69, 9.17) is 14.2 Å². The highest BCUT2D eigenvalue weighted by Crippen LogP contribution is 2.17. The molecule has 0 spiro atoms. The third kappa shape index (κ3) is 66.8. The molecule has 0 aliphatic carbocycles. The number of allylic oxidation sites excluding steroid dienone is 18. The summed E-state index contributed by atoms with van der Waals surface area (Å²) in [6, 6.07) is 0. The van der Waals surface area contributed by atoms with Crippen molar-refractivity contribution in [2.45, 2.75) is 335 Å². The molecule has 464 valence electrons. The van der Waals surface area contributed by atoms with E-state index in [-0.39, 0.29) is 31.1 Å². The molecule has 81 heavy (non-hydrogen) atoms. The number of carbonyl (C=O) groups excluding carboxylic acids is 3. The lowest BCUT2D eigenvalue weighted by molar-refractivity contribution is -0.167. The Bertz CT molecular complexity index is 1620. The van der Waals surface area contributed by atoms with Crippen molar-refractivity contribution in [1.82, 2.24) is 0 Å². The molecular formula is C75H128O6. The minimum absolute atomic E-state index is 0.0816. The zero-order valence-corrected chi connectivity index (χ0v) is 53.3. The van der Waals surface area contributed by atoms with Crippen LogP contribution < -0.4 is 0 Å². The molecule has 0 bridgehead atoms. The third-order valence-electron chi connectivity index (χ3n) is 14.8. The first kappa shape index (κ1) is 77.1. The summed E-state index contributed by atoms with van der Waals surface area (Å²) < 4.78 is 17.0. The minimum atomic E-state index is -0.787. The Morgan fingerprint density at radius 1 is 0.259 bits per heavy atom. The van der Waals surface area contributed by atoms with Crippen LogP contribution in [0.5, 0.6) is 0 Å². The summed E-state index contributed by atoms with van der Waals surface area (Å²) in [6.45, 7) is 6.54. The number of unbranched alkanes of at least 4 members (excludes halogenated alkanes) is 33. The van der Waals surface area contributed by atoms with Crippen molar-refractivity contribution >= 4 is 17.9 Å². The molecule has 0 radical (unpaired) electrons. The number of hydrogen-bond donors (Lipinski definition) is 0. The Labute approximate surface area is 501 Å². The molecule has 0 rings (SSSR count). The second-order valence-electron chi connectivity index (χ2n) is 22.7. The topological polar surface area (TPSA) is 78.9 Å². The zero-order valence-electron chi connectivity index (χ0n) is 53.3. The van der Waals surface area contributed by atoms with E-state index in [1.54, 1.807) is 0 Å². The van der Waals surface area contributed by atoms with E-state index >= 15 is 0 Å². The minimum Gasteiger partial charge on any atom is -0.462 e. The highest BCUT2D eigenvalue weighted by Gasteiger charge is 2.19. The van der Waals surface area contributed by atoms with Crippen LogP contribution in [0.25, 0.3) is 0 Å². The van der Waals surface area contributed by atoms with Crippen molar-refractivity contribution < 1.29 is 28.6 Å². The van der Waals surface area contributed by atoms with Gasteiger partial charge in [0.25, 0.3) is 0 Å². The molecule has 0 aromatic carbocycles. The molecule has 6 nitrogen and oxygen atoms in total. The molecule has 0 heterocycles. The van der Waals surface area contributed by atoms with Gasteiger partial charge in [0.15, 0.2) is 6.10 Å². The third-order valence-corrected chi connectivity index (χ3v) is 14.8. The fraction of sp³-hybridized carbons (Fsp3) is 0.720. The molecule has 0 aromatic rings. The Kier molecular flexibility index (Phi) is 65.2. The molecule has 1 atom stereocenters. The van der Waals surface area contributed by atoms with Crippen LogP contribution >= 0.6 is 0 Å². The van der Waals surface area contributed by atoms with Gasteiger partial charge in [-0.3, -0.25) is 14.4 Å². The quantitative estimate of drug-likeness (QED) is 0.0261. The smallest absolute Gasteiger partial charge is 0.306 e. The standard InChI is InChI=1S/C75H128O6/c1-4-7-10-13-16-19-22-25-28-30-31-32-33-34-35-36-37-38-39-40-41-42-43-45-47-50-53-56-59-62-65-68-74(77)80-71-72(70-79-73(76)67-64-61-58-55-52-49-46-27-24-21-18-15-12-9-6-3)81-75(78)69-66-63-60-57-54-51-48-44-29-26-23-20-17-14-11-8-5-2/h7,10,16,19,25-26,28-29,31-32,34-35,37-38,40-41,43,45,72H,4-6,8-9,11-15,17-18,20-24,27,30,33,36,39,42,44,46-71H2,1-3H3/b10-7-,19-16-,28-25-,29-26-,32-31-,35-34-,38-37-,41-40-,45-43-. The fourth-order valence-corrected chi connectivity index (χ4v) is 9.63. The molecule has 6 heteroatoms. The van der Waals surface area contributed by atoms with Crippen LogP contribution in [0.1, 0.15) is 329 Å². The molecule has 0 aromatic heterocycles. The van der Waals surface area contributed by atoms with Gasteiger partial charge >= 0.3 is 17.9 Å². The van der Waals surface area contributed by atoms with Gasteiger partial charge in [0, 0.05) is 19.3 Å². The van der Waals surface area contributed by atoms with E-state index in [1.165, 1.54) is 167 Å². The molecule has 0 saturated carbocycles. The van der Waals surface area contributed by atoms with Gasteiger partial charge in [-0.05, 0) is 109 Å². The van der Waals surface area contributed by atoms with Gasteiger partial charge in [0.2, 0.25) is 0 Å². The van der Waals surface area contributed by atoms with Gasteiger partial charge in [-0.25, -0.2) is 0 Å². The largest absolute Gasteiger partial charge is 0.462 e. The number of rotatable bonds is 62. The van der Waals surface area contributed by atoms with Crippen molar-refractivity contribution in [1.29, 1.82) is 0 Å². The zero-order chi connectivity index (χ0) is 58.5. The Hall–Kier alpha value is -3.93. The Morgan fingerprint density at radius 2 is 0.481 bits per heavy atom. The molecule has 0 aliphatic rings. The van der Waals surface area contributed by atoms with Crippen LogP contribution in [0.4, 0.5) is 0 Å². The van der Waals surface area contributed by atoms with Gasteiger partial charge in [-0.15, -0.1) is 0 Å². The lowest BCUT2D eigenvalue weighted by Gasteiger charge is -2.18. The first-order chi connectivity index (χ1) is 40.0. The summed E-state index contributed by atoms with van der Waals surface area (Å²) in [5.74, 6) is -0.888. The predicted molar refractivity (Wildman–Crippen MR) is 353 cm³/mol. The summed E-state index contributed by atoms with van der Waals surface area (Å²) >= 11 is 0. The molecule has 0 saturated heterocycles. The summed E-state index contributed by atoms with van der Waals surface area (Å²) in [7, 11) is 0. The summed E-state index contributed by atoms with van der Waals surface area (Å²) in [6.07, 6.45) is 93.8. The normalized spacial score (nSPS) is 12.8. The van der Waals surface area contributed by atoms with Crippen LogP contribution in [0.2, 0.25) is 0 Å². The number of hydrogen-bond acceptors (Lipinski definition) is 6. The molecule has 0 aliphatic heterocycles. The van der Waals surface area contributed by atoms with Crippen LogP contribution in [0.15, 0.2) is 109 Å². The maximum absolute atomic E-state index is 12.9. The number of carbonyl (C=O) groups is 3. The fourth-order valence-electron chi connectivity index (χ4n) is 9.63. The van der Waals surface area contributed by atoms with Crippen LogP contribution in [0.3, 0.4) is 0 Å². The SMILES string of the molecule is CC/C=C\C/C=C\C/C=C\C/C=C\C/C=C\C/C=C\C/C=C\C/C=C\CCCCCCCCC(=O)OCC(COC(=O)CCCCCCCCCCCCCCCCC)OC(=O)CCCCCCCCC/C=C\CCCCCCCC. The van der Waals surface area contributed by atoms with Gasteiger partial charge in [0.1, 0.15) is 13.2 Å². The van der Waals surface area contributed by atoms with E-state index < -0.39 is 6.10 Å². The Balaban J connectivity index is 4.34. The Morgan fingerprint density at radius 3 is 0.765 bits per heavy atom. The van der Waals surface area contributed by atoms with Crippen molar-refractivity contribution in [3.05, 3.63) is 109 Å². The van der Waals surface area contributed by atoms with E-state index in [0.717, 1.165) is 122 Å². The van der Waals surface area contributed by atoms with E-state index in [1.807, 2.05) is 0 Å². The van der Waals surface area contributed by atoms with Gasteiger partial charge in [0.05, 0.1) is 0 Å². The summed E-state index contributed by atoms with van der Waals surface area (Å²) in [5, 5.41) is 0. The lowest BCUT2D eigenvalue weighted by Crippen LogP contribution is -2.30. The summed E-state index contributed by atoms with van der Waals surface area (Å²) in [4.78, 5) is 38.4. The molecule has 0 fully saturated rings. The predicted octanol–water partition coefficient (Wildman–Crippen LogP) is 23.8. The van der Waals surface area contributed by atoms with Gasteiger partial charge in [-0.1, -0.05) is 310 Å². The first-order valence-electron chi connectivity index (χ1n) is 34.4. The van der Waals surface area contributed by atoms with Crippen molar-refractivity contribution in [3.63, 3.8) is 0 Å². The van der Waals surface area contributed by atoms with E-state index in [0.29, 0.717) is 19.3 Å². The highest BCUT2D eigenvalue weighted by atomic mass is 16.6. The van der Waals surface area contributed by atoms with Crippen LogP contribution in [-0.2, 0) is 28.6 Å². The van der Waals surface area contributed by atoms with Crippen molar-refractivity contribution in [3.8, 4) is 0 Å². The second-order valence-corrected chi connectivity index (χ2v) is 22.7. The molecular weight excluding hydrogens is 997 g/mol. The molecule has 0 N–H and O–H groups in total. The van der Waals surface area contributed by atoms with Crippen LogP contribution in [0, 0.1) is 0 Å². The van der Waals surface area contributed by atoms with E-state index in [2.05, 4.69) is 130 Å². The monoisotopic (exact) mass is 1120 g/mol. The first-order valence-corrected chi connectivity index (χ1v) is 34.4. The van der Waals surface area contributed by atoms with Crippen molar-refractivity contribution in [2.24, 2.45) is 0 Å². The average Bonchev–Trinajstić information content (AvgIpc) is 3.47. The lowest BCUT2D eigenvalue weighted by atomic mass is 10.0. The number of ether oxygens (including phenoxy) is 3. The molecule has 0 amide bonds. The van der Waals surface area contributed by atoms with Gasteiger partial charge < -0.3 is 14.2 Å². The molecule has 1 unspecified atom stereocenters. The maximum Gasteiger partial charge on any atom is 0.306 e.